The second kappa shape index (κ2) is 5.27. The molecule has 0 unspecified atom stereocenters. The standard InChI is InChI=1S/C19H21N7/c1-12-22-15-5-4-14(23-17(15)25(12)3)13-6-9-26-16(13)10-20-18(24-26)21-11-19(2)7-8-19/h4-6,9-10H,7-8,11H2,1-3H3,(H,21,24). The highest BCUT2D eigenvalue weighted by molar-refractivity contribution is 5.82. The quantitative estimate of drug-likeness (QED) is 0.614. The molecule has 1 saturated carbocycles. The summed E-state index contributed by atoms with van der Waals surface area (Å²) in [5, 5.41) is 7.94. The number of fused-ring (bicyclic) bond motifs is 2. The van der Waals surface area contributed by atoms with Gasteiger partial charge in [0.25, 0.3) is 0 Å². The van der Waals surface area contributed by atoms with Gasteiger partial charge < -0.3 is 9.88 Å². The molecule has 4 aromatic rings. The van der Waals surface area contributed by atoms with Gasteiger partial charge in [0, 0.05) is 25.4 Å². The van der Waals surface area contributed by atoms with E-state index in [-0.39, 0.29) is 0 Å². The lowest BCUT2D eigenvalue weighted by Crippen LogP contribution is -2.14. The van der Waals surface area contributed by atoms with Crippen molar-refractivity contribution in [1.29, 1.82) is 0 Å². The first-order valence-corrected chi connectivity index (χ1v) is 8.91. The fourth-order valence-corrected chi connectivity index (χ4v) is 3.21. The van der Waals surface area contributed by atoms with Gasteiger partial charge in [0.2, 0.25) is 5.95 Å². The summed E-state index contributed by atoms with van der Waals surface area (Å²) in [6.45, 7) is 5.19. The molecule has 4 heterocycles. The summed E-state index contributed by atoms with van der Waals surface area (Å²) in [5.74, 6) is 1.62. The molecule has 0 spiro atoms. The van der Waals surface area contributed by atoms with E-state index >= 15 is 0 Å². The Bertz CT molecular complexity index is 1130. The maximum atomic E-state index is 4.80. The lowest BCUT2D eigenvalue weighted by atomic mass is 10.1. The predicted octanol–water partition coefficient (Wildman–Crippen LogP) is 3.20. The van der Waals surface area contributed by atoms with E-state index < -0.39 is 0 Å². The Balaban J connectivity index is 1.51. The molecule has 0 bridgehead atoms. The van der Waals surface area contributed by atoms with Crippen LogP contribution in [0.2, 0.25) is 0 Å². The van der Waals surface area contributed by atoms with Gasteiger partial charge in [-0.15, -0.1) is 5.10 Å². The van der Waals surface area contributed by atoms with Gasteiger partial charge in [-0.1, -0.05) is 6.92 Å². The number of imidazole rings is 1. The van der Waals surface area contributed by atoms with E-state index in [1.807, 2.05) is 53.6 Å². The minimum atomic E-state index is 0.417. The van der Waals surface area contributed by atoms with Gasteiger partial charge in [-0.25, -0.2) is 19.5 Å². The average Bonchev–Trinajstić information content (AvgIpc) is 3.12. The van der Waals surface area contributed by atoms with E-state index in [0.717, 1.165) is 40.3 Å². The molecule has 0 aromatic carbocycles. The maximum absolute atomic E-state index is 4.80. The van der Waals surface area contributed by atoms with Gasteiger partial charge in [0.05, 0.1) is 17.4 Å². The van der Waals surface area contributed by atoms with Crippen molar-refractivity contribution in [1.82, 2.24) is 29.1 Å². The monoisotopic (exact) mass is 347 g/mol. The first kappa shape index (κ1) is 15.3. The molecule has 0 saturated heterocycles. The Morgan fingerprint density at radius 3 is 2.85 bits per heavy atom. The van der Waals surface area contributed by atoms with Gasteiger partial charge in [0.1, 0.15) is 11.3 Å². The van der Waals surface area contributed by atoms with Crippen LogP contribution in [0.3, 0.4) is 0 Å². The van der Waals surface area contributed by atoms with Crippen molar-refractivity contribution in [2.45, 2.75) is 26.7 Å². The predicted molar refractivity (Wildman–Crippen MR) is 101 cm³/mol. The highest BCUT2D eigenvalue weighted by atomic mass is 15.3. The number of nitrogens with zero attached hydrogens (tertiary/aromatic N) is 6. The van der Waals surface area contributed by atoms with Crippen molar-refractivity contribution in [3.8, 4) is 11.3 Å². The van der Waals surface area contributed by atoms with Gasteiger partial charge >= 0.3 is 0 Å². The first-order valence-electron chi connectivity index (χ1n) is 8.91. The van der Waals surface area contributed by atoms with Gasteiger partial charge in [-0.05, 0) is 43.4 Å². The molecule has 1 aliphatic rings. The highest BCUT2D eigenvalue weighted by Crippen LogP contribution is 2.44. The fourth-order valence-electron chi connectivity index (χ4n) is 3.21. The Morgan fingerprint density at radius 1 is 1.19 bits per heavy atom. The van der Waals surface area contributed by atoms with Crippen LogP contribution in [0, 0.1) is 12.3 Å². The number of anilines is 1. The molecule has 132 valence electrons. The molecule has 7 nitrogen and oxygen atoms in total. The lowest BCUT2D eigenvalue weighted by molar-refractivity contribution is 0.606. The molecular weight excluding hydrogens is 326 g/mol. The normalized spacial score (nSPS) is 15.7. The first-order chi connectivity index (χ1) is 12.5. The Labute approximate surface area is 151 Å². The van der Waals surface area contributed by atoms with Crippen LogP contribution < -0.4 is 5.32 Å². The van der Waals surface area contributed by atoms with Crippen LogP contribution >= 0.6 is 0 Å². The van der Waals surface area contributed by atoms with Gasteiger partial charge in [0.15, 0.2) is 5.65 Å². The Hall–Kier alpha value is -2.96. The number of hydrogen-bond donors (Lipinski definition) is 1. The lowest BCUT2D eigenvalue weighted by Gasteiger charge is -2.09. The number of hydrogen-bond acceptors (Lipinski definition) is 5. The van der Waals surface area contributed by atoms with Crippen LogP contribution in [-0.4, -0.2) is 35.7 Å². The molecule has 0 atom stereocenters. The van der Waals surface area contributed by atoms with Crippen molar-refractivity contribution in [3.63, 3.8) is 0 Å². The van der Waals surface area contributed by atoms with Crippen molar-refractivity contribution in [2.24, 2.45) is 12.5 Å². The molecule has 5 rings (SSSR count). The van der Waals surface area contributed by atoms with Gasteiger partial charge in [-0.3, -0.25) is 0 Å². The summed E-state index contributed by atoms with van der Waals surface area (Å²) in [6, 6.07) is 6.05. The summed E-state index contributed by atoms with van der Waals surface area (Å²) >= 11 is 0. The molecular formula is C19H21N7. The second-order valence-corrected chi connectivity index (χ2v) is 7.56. The second-order valence-electron chi connectivity index (χ2n) is 7.56. The van der Waals surface area contributed by atoms with E-state index in [4.69, 9.17) is 4.98 Å². The van der Waals surface area contributed by atoms with Crippen molar-refractivity contribution in [3.05, 3.63) is 36.4 Å². The zero-order valence-corrected chi connectivity index (χ0v) is 15.2. The smallest absolute Gasteiger partial charge is 0.241 e. The summed E-state index contributed by atoms with van der Waals surface area (Å²) in [6.07, 6.45) is 6.37. The maximum Gasteiger partial charge on any atom is 0.241 e. The topological polar surface area (TPSA) is 72.9 Å². The van der Waals surface area contributed by atoms with Crippen molar-refractivity contribution < 1.29 is 0 Å². The minimum Gasteiger partial charge on any atom is -0.352 e. The third-order valence-electron chi connectivity index (χ3n) is 5.41. The molecule has 1 fully saturated rings. The number of rotatable bonds is 4. The number of aryl methyl sites for hydroxylation is 2. The largest absolute Gasteiger partial charge is 0.352 e. The zero-order valence-electron chi connectivity index (χ0n) is 15.2. The third kappa shape index (κ3) is 2.42. The van der Waals surface area contributed by atoms with Crippen LogP contribution in [-0.2, 0) is 7.05 Å². The fraction of sp³-hybridized carbons (Fsp3) is 0.368. The van der Waals surface area contributed by atoms with E-state index in [1.54, 1.807) is 0 Å². The summed E-state index contributed by atoms with van der Waals surface area (Å²) in [7, 11) is 1.99. The number of aromatic nitrogens is 6. The molecule has 1 N–H and O–H groups in total. The van der Waals surface area contributed by atoms with Crippen LogP contribution in [0.25, 0.3) is 27.9 Å². The van der Waals surface area contributed by atoms with Crippen molar-refractivity contribution >= 4 is 22.6 Å². The molecule has 4 aromatic heterocycles. The molecule has 0 amide bonds. The van der Waals surface area contributed by atoms with E-state index in [0.29, 0.717) is 11.4 Å². The highest BCUT2D eigenvalue weighted by Gasteiger charge is 2.37. The van der Waals surface area contributed by atoms with E-state index in [2.05, 4.69) is 27.3 Å². The van der Waals surface area contributed by atoms with E-state index in [1.165, 1.54) is 12.8 Å². The molecule has 7 heteroatoms. The minimum absolute atomic E-state index is 0.417. The van der Waals surface area contributed by atoms with Gasteiger partial charge in [-0.2, -0.15) is 0 Å². The Morgan fingerprint density at radius 2 is 2.04 bits per heavy atom. The SMILES string of the molecule is Cc1nc2ccc(-c3ccn4nc(NCC5(C)CC5)ncc34)nc2n1C. The summed E-state index contributed by atoms with van der Waals surface area (Å²) in [4.78, 5) is 13.8. The number of pyridine rings is 1. The molecule has 0 aliphatic heterocycles. The number of nitrogens with one attached hydrogen (secondary N) is 1. The summed E-state index contributed by atoms with van der Waals surface area (Å²) < 4.78 is 3.87. The van der Waals surface area contributed by atoms with Crippen molar-refractivity contribution in [2.75, 3.05) is 11.9 Å². The summed E-state index contributed by atoms with van der Waals surface area (Å²) in [5.41, 5.74) is 5.08. The molecule has 0 radical (unpaired) electrons. The average molecular weight is 347 g/mol. The van der Waals surface area contributed by atoms with Crippen LogP contribution in [0.1, 0.15) is 25.6 Å². The third-order valence-corrected chi connectivity index (χ3v) is 5.41. The molecule has 26 heavy (non-hydrogen) atoms. The Kier molecular flexibility index (Phi) is 3.10. The molecule has 1 aliphatic carbocycles. The van der Waals surface area contributed by atoms with Crippen LogP contribution in [0.5, 0.6) is 0 Å². The zero-order chi connectivity index (χ0) is 17.9. The van der Waals surface area contributed by atoms with Crippen LogP contribution in [0.4, 0.5) is 5.95 Å². The van der Waals surface area contributed by atoms with Crippen LogP contribution in [0.15, 0.2) is 30.6 Å². The van der Waals surface area contributed by atoms with E-state index in [9.17, 15) is 0 Å².